The first-order valence-electron chi connectivity index (χ1n) is 11.3. The average molecular weight is 423 g/mol. The molecule has 0 unspecified atom stereocenters. The van der Waals surface area contributed by atoms with Crippen LogP contribution in [0.15, 0.2) is 58.4 Å². The third-order valence-corrected chi connectivity index (χ3v) is 8.20. The second kappa shape index (κ2) is 10.0. The molecule has 2 fully saturated rings. The van der Waals surface area contributed by atoms with Gasteiger partial charge in [-0.15, -0.1) is 11.8 Å². The van der Waals surface area contributed by atoms with Crippen molar-refractivity contribution < 1.29 is 4.74 Å². The van der Waals surface area contributed by atoms with Crippen molar-refractivity contribution in [3.05, 3.63) is 54.1 Å². The van der Waals surface area contributed by atoms with Gasteiger partial charge in [0.15, 0.2) is 0 Å². The van der Waals surface area contributed by atoms with Crippen LogP contribution in [0.4, 0.5) is 11.4 Å². The highest BCUT2D eigenvalue weighted by molar-refractivity contribution is 7.98. The van der Waals surface area contributed by atoms with Crippen molar-refractivity contribution in [3.63, 3.8) is 0 Å². The van der Waals surface area contributed by atoms with Crippen LogP contribution in [0.1, 0.15) is 50.5 Å². The molecule has 2 aromatic carbocycles. The van der Waals surface area contributed by atoms with Gasteiger partial charge < -0.3 is 9.64 Å². The summed E-state index contributed by atoms with van der Waals surface area (Å²) >= 11 is 1.84. The maximum Gasteiger partial charge on any atom is 0.0759 e. The number of hydrogen-bond donors (Lipinski definition) is 0. The number of benzene rings is 2. The molecule has 0 radical (unpaired) electrons. The topological polar surface area (TPSA) is 24.8 Å². The molecule has 1 aliphatic carbocycles. The van der Waals surface area contributed by atoms with E-state index in [9.17, 15) is 0 Å². The Balaban J connectivity index is 1.44. The Hall–Kier alpha value is -1.78. The number of aliphatic imine (C=N–C) groups is 1. The van der Waals surface area contributed by atoms with E-state index in [4.69, 9.17) is 4.74 Å². The van der Waals surface area contributed by atoms with E-state index < -0.39 is 0 Å². The Bertz CT molecular complexity index is 824. The molecule has 1 saturated carbocycles. The van der Waals surface area contributed by atoms with Gasteiger partial charge in [-0.05, 0) is 62.1 Å². The molecule has 2 aliphatic rings. The van der Waals surface area contributed by atoms with Crippen LogP contribution in [-0.2, 0) is 10.5 Å². The molecule has 160 valence electrons. The molecule has 0 bridgehead atoms. The van der Waals surface area contributed by atoms with Crippen LogP contribution in [0.2, 0.25) is 0 Å². The van der Waals surface area contributed by atoms with Gasteiger partial charge in [0.1, 0.15) is 0 Å². The first kappa shape index (κ1) is 21.5. The van der Waals surface area contributed by atoms with E-state index in [0.29, 0.717) is 0 Å². The quantitative estimate of drug-likeness (QED) is 0.359. The van der Waals surface area contributed by atoms with Crippen molar-refractivity contribution in [1.82, 2.24) is 0 Å². The van der Waals surface area contributed by atoms with E-state index in [0.717, 1.165) is 43.3 Å². The van der Waals surface area contributed by atoms with Crippen LogP contribution < -0.4 is 4.90 Å². The van der Waals surface area contributed by atoms with E-state index in [1.165, 1.54) is 48.3 Å². The van der Waals surface area contributed by atoms with E-state index in [-0.39, 0.29) is 5.60 Å². The fourth-order valence-electron chi connectivity index (χ4n) is 5.23. The second-order valence-corrected chi connectivity index (χ2v) is 9.69. The molecule has 4 rings (SSSR count). The Morgan fingerprint density at radius 3 is 2.47 bits per heavy atom. The van der Waals surface area contributed by atoms with Crippen molar-refractivity contribution >= 4 is 29.9 Å². The Labute approximate surface area is 185 Å². The van der Waals surface area contributed by atoms with E-state index in [2.05, 4.69) is 65.1 Å². The van der Waals surface area contributed by atoms with Gasteiger partial charge in [-0.3, -0.25) is 4.99 Å². The number of nitrogens with zero attached hydrogens (tertiary/aromatic N) is 2. The van der Waals surface area contributed by atoms with Crippen LogP contribution in [0, 0.1) is 5.92 Å². The molecule has 1 saturated heterocycles. The summed E-state index contributed by atoms with van der Waals surface area (Å²) < 4.78 is 6.20. The SMILES string of the molecule is C=Nc1ccc(N2CCC(OC)(C3CCCCC3)CC2)cc1SCc1ccccc1. The molecular weight excluding hydrogens is 388 g/mol. The zero-order valence-electron chi connectivity index (χ0n) is 18.2. The van der Waals surface area contributed by atoms with E-state index >= 15 is 0 Å². The third-order valence-electron chi connectivity index (χ3n) is 7.08. The highest BCUT2D eigenvalue weighted by atomic mass is 32.2. The fourth-order valence-corrected chi connectivity index (χ4v) is 6.23. The highest BCUT2D eigenvalue weighted by Crippen LogP contribution is 2.43. The summed E-state index contributed by atoms with van der Waals surface area (Å²) in [6.45, 7) is 5.90. The van der Waals surface area contributed by atoms with Crippen molar-refractivity contribution in [1.29, 1.82) is 0 Å². The zero-order chi connectivity index (χ0) is 20.8. The maximum absolute atomic E-state index is 6.20. The van der Waals surface area contributed by atoms with Crippen LogP contribution >= 0.6 is 11.8 Å². The highest BCUT2D eigenvalue weighted by Gasteiger charge is 2.42. The lowest BCUT2D eigenvalue weighted by molar-refractivity contribution is -0.0856. The van der Waals surface area contributed by atoms with E-state index in [1.807, 2.05) is 18.9 Å². The molecular formula is C26H34N2OS. The summed E-state index contributed by atoms with van der Waals surface area (Å²) in [4.78, 5) is 7.99. The predicted octanol–water partition coefficient (Wildman–Crippen LogP) is 6.88. The van der Waals surface area contributed by atoms with Crippen LogP contribution in [-0.4, -0.2) is 32.5 Å². The number of ether oxygens (including phenoxy) is 1. The standard InChI is InChI=1S/C26H34N2OS/c1-27-24-14-13-23(19-25(24)30-20-21-9-5-3-6-10-21)28-17-15-26(29-2,16-18-28)22-11-7-4-8-12-22/h3,5-6,9-10,13-14,19,22H,1,4,7-8,11-12,15-18,20H2,2H3. The predicted molar refractivity (Wildman–Crippen MR) is 129 cm³/mol. The minimum atomic E-state index is 0.0877. The monoisotopic (exact) mass is 422 g/mol. The molecule has 1 heterocycles. The van der Waals surface area contributed by atoms with Gasteiger partial charge in [0.25, 0.3) is 0 Å². The molecule has 0 aromatic heterocycles. The second-order valence-electron chi connectivity index (χ2n) is 8.68. The molecule has 1 aliphatic heterocycles. The van der Waals surface area contributed by atoms with Crippen LogP contribution in [0.3, 0.4) is 0 Å². The van der Waals surface area contributed by atoms with Gasteiger partial charge in [0.2, 0.25) is 0 Å². The Kier molecular flexibility index (Phi) is 7.16. The molecule has 0 spiro atoms. The summed E-state index contributed by atoms with van der Waals surface area (Å²) in [6.07, 6.45) is 9.08. The minimum absolute atomic E-state index is 0.0877. The lowest BCUT2D eigenvalue weighted by Crippen LogP contribution is -2.50. The number of thioether (sulfide) groups is 1. The summed E-state index contributed by atoms with van der Waals surface area (Å²) in [7, 11) is 1.94. The largest absolute Gasteiger partial charge is 0.378 e. The van der Waals surface area contributed by atoms with Crippen LogP contribution in [0.25, 0.3) is 0 Å². The number of piperidine rings is 1. The number of methoxy groups -OCH3 is 1. The summed E-state index contributed by atoms with van der Waals surface area (Å²) in [5.74, 6) is 1.68. The van der Waals surface area contributed by atoms with Crippen molar-refractivity contribution in [3.8, 4) is 0 Å². The Morgan fingerprint density at radius 1 is 1.07 bits per heavy atom. The average Bonchev–Trinajstić information content (AvgIpc) is 2.84. The van der Waals surface area contributed by atoms with Gasteiger partial charge in [-0.25, -0.2) is 0 Å². The van der Waals surface area contributed by atoms with Crippen molar-refractivity contribution in [2.45, 2.75) is 61.2 Å². The molecule has 30 heavy (non-hydrogen) atoms. The number of hydrogen-bond acceptors (Lipinski definition) is 4. The minimum Gasteiger partial charge on any atom is -0.378 e. The first-order valence-corrected chi connectivity index (χ1v) is 12.3. The van der Waals surface area contributed by atoms with Gasteiger partial charge in [0.05, 0.1) is 11.3 Å². The van der Waals surface area contributed by atoms with Gasteiger partial charge in [0, 0.05) is 36.5 Å². The summed E-state index contributed by atoms with van der Waals surface area (Å²) in [5.41, 5.74) is 3.69. The Morgan fingerprint density at radius 2 is 1.80 bits per heavy atom. The fraction of sp³-hybridized carbons (Fsp3) is 0.500. The van der Waals surface area contributed by atoms with Gasteiger partial charge >= 0.3 is 0 Å². The molecule has 0 N–H and O–H groups in total. The van der Waals surface area contributed by atoms with Crippen molar-refractivity contribution in [2.24, 2.45) is 10.9 Å². The molecule has 2 aromatic rings. The summed E-state index contributed by atoms with van der Waals surface area (Å²) in [6, 6.07) is 17.2. The number of rotatable bonds is 7. The van der Waals surface area contributed by atoms with Gasteiger partial charge in [-0.1, -0.05) is 49.6 Å². The molecule has 0 atom stereocenters. The maximum atomic E-state index is 6.20. The summed E-state index contributed by atoms with van der Waals surface area (Å²) in [5, 5.41) is 0. The van der Waals surface area contributed by atoms with Crippen molar-refractivity contribution in [2.75, 3.05) is 25.1 Å². The third kappa shape index (κ3) is 4.76. The number of anilines is 1. The van der Waals surface area contributed by atoms with Gasteiger partial charge in [-0.2, -0.15) is 0 Å². The van der Waals surface area contributed by atoms with Crippen LogP contribution in [0.5, 0.6) is 0 Å². The smallest absolute Gasteiger partial charge is 0.0759 e. The molecule has 4 heteroatoms. The lowest BCUT2D eigenvalue weighted by Gasteiger charge is -2.47. The first-order chi connectivity index (χ1) is 14.7. The lowest BCUT2D eigenvalue weighted by atomic mass is 9.72. The molecule has 3 nitrogen and oxygen atoms in total. The van der Waals surface area contributed by atoms with E-state index in [1.54, 1.807) is 0 Å². The molecule has 0 amide bonds. The zero-order valence-corrected chi connectivity index (χ0v) is 19.0. The normalized spacial score (nSPS) is 19.6.